The fourth-order valence-corrected chi connectivity index (χ4v) is 2.15. The van der Waals surface area contributed by atoms with Crippen LogP contribution in [0, 0.1) is 0 Å². The van der Waals surface area contributed by atoms with Crippen LogP contribution < -0.4 is 0 Å². The van der Waals surface area contributed by atoms with Crippen LogP contribution in [0.25, 0.3) is 0 Å². The van der Waals surface area contributed by atoms with Gasteiger partial charge in [0.1, 0.15) is 0 Å². The molecule has 0 atom stereocenters. The van der Waals surface area contributed by atoms with E-state index >= 15 is 0 Å². The van der Waals surface area contributed by atoms with Gasteiger partial charge in [0.05, 0.1) is 0 Å². The largest absolute Gasteiger partial charge is 0.491 e. The fourth-order valence-electron chi connectivity index (χ4n) is 2.15. The Morgan fingerprint density at radius 2 is 1.00 bits per heavy atom. The van der Waals surface area contributed by atoms with Crippen molar-refractivity contribution in [2.45, 2.75) is 77.3 Å². The molecule has 0 heterocycles. The maximum absolute atomic E-state index is 11.8. The van der Waals surface area contributed by atoms with Gasteiger partial charge >= 0.3 is 30.1 Å². The Balaban J connectivity index is 3.40. The molecular formula is C18H27F3O8. The molecule has 0 bridgehead atoms. The van der Waals surface area contributed by atoms with Crippen LogP contribution in [0.4, 0.5) is 13.2 Å². The van der Waals surface area contributed by atoms with Crippen molar-refractivity contribution < 1.29 is 51.3 Å². The van der Waals surface area contributed by atoms with Crippen LogP contribution in [0.15, 0.2) is 0 Å². The van der Waals surface area contributed by atoms with E-state index in [-0.39, 0.29) is 19.6 Å². The van der Waals surface area contributed by atoms with Crippen LogP contribution in [0.5, 0.6) is 0 Å². The van der Waals surface area contributed by atoms with E-state index in [9.17, 15) is 32.3 Å². The summed E-state index contributed by atoms with van der Waals surface area (Å²) < 4.78 is 52.9. The van der Waals surface area contributed by atoms with Crippen molar-refractivity contribution >= 4 is 23.9 Å². The molecule has 0 saturated heterocycles. The van der Waals surface area contributed by atoms with Crippen molar-refractivity contribution in [1.82, 2.24) is 0 Å². The van der Waals surface area contributed by atoms with Gasteiger partial charge in [-0.3, -0.25) is 14.4 Å². The first-order valence-corrected chi connectivity index (χ1v) is 9.31. The van der Waals surface area contributed by atoms with Gasteiger partial charge < -0.3 is 18.9 Å². The topological polar surface area (TPSA) is 105 Å². The molecule has 0 aliphatic rings. The van der Waals surface area contributed by atoms with E-state index in [1.165, 1.54) is 6.92 Å². The van der Waals surface area contributed by atoms with E-state index in [4.69, 9.17) is 4.74 Å². The SMILES string of the molecule is CC(=O)OCOC(=O)CCCCCCCCCCC(=O)OCOC(=O)C(F)(F)F. The number of halogens is 3. The van der Waals surface area contributed by atoms with Gasteiger partial charge in [-0.2, -0.15) is 13.2 Å². The lowest BCUT2D eigenvalue weighted by Crippen LogP contribution is -2.26. The molecule has 0 radical (unpaired) electrons. The summed E-state index contributed by atoms with van der Waals surface area (Å²) in [5, 5.41) is 0. The predicted molar refractivity (Wildman–Crippen MR) is 92.0 cm³/mol. The summed E-state index contributed by atoms with van der Waals surface area (Å²) in [6.45, 7) is -0.185. The van der Waals surface area contributed by atoms with Gasteiger partial charge in [0.25, 0.3) is 0 Å². The van der Waals surface area contributed by atoms with Crippen LogP contribution in [0.3, 0.4) is 0 Å². The van der Waals surface area contributed by atoms with Gasteiger partial charge in [-0.05, 0) is 12.8 Å². The third-order valence-corrected chi connectivity index (χ3v) is 3.64. The molecule has 0 spiro atoms. The molecule has 0 fully saturated rings. The third kappa shape index (κ3) is 17.5. The Kier molecular flexibility index (Phi) is 14.3. The van der Waals surface area contributed by atoms with Gasteiger partial charge in [-0.15, -0.1) is 0 Å². The first-order valence-electron chi connectivity index (χ1n) is 9.31. The summed E-state index contributed by atoms with van der Waals surface area (Å²) in [4.78, 5) is 43.5. The zero-order valence-electron chi connectivity index (χ0n) is 16.4. The van der Waals surface area contributed by atoms with Crippen LogP contribution in [-0.2, 0) is 38.1 Å². The second kappa shape index (κ2) is 15.6. The minimum atomic E-state index is -5.11. The number of rotatable bonds is 15. The highest BCUT2D eigenvalue weighted by Gasteiger charge is 2.41. The maximum Gasteiger partial charge on any atom is 0.491 e. The lowest BCUT2D eigenvalue weighted by molar-refractivity contribution is -0.210. The van der Waals surface area contributed by atoms with Gasteiger partial charge in [0.15, 0.2) is 0 Å². The van der Waals surface area contributed by atoms with E-state index < -0.39 is 36.8 Å². The van der Waals surface area contributed by atoms with Crippen LogP contribution in [0.1, 0.15) is 71.1 Å². The van der Waals surface area contributed by atoms with E-state index in [1.54, 1.807) is 0 Å². The molecule has 0 rings (SSSR count). The van der Waals surface area contributed by atoms with E-state index in [1.807, 2.05) is 0 Å². The number of hydrogen-bond donors (Lipinski definition) is 0. The average Bonchev–Trinajstić information content (AvgIpc) is 2.62. The standard InChI is InChI=1S/C18H27F3O8/c1-14(22)26-12-27-15(23)10-8-6-4-2-3-5-7-9-11-16(24)28-13-29-17(25)18(19,20)21/h2-13H2,1H3. The molecule has 0 aromatic rings. The molecule has 0 aliphatic heterocycles. The first kappa shape index (κ1) is 26.7. The second-order valence-electron chi connectivity index (χ2n) is 6.16. The molecule has 0 aromatic heterocycles. The Labute approximate surface area is 167 Å². The Hall–Kier alpha value is -2.33. The predicted octanol–water partition coefficient (Wildman–Crippen LogP) is 3.56. The summed E-state index contributed by atoms with van der Waals surface area (Å²) in [5.74, 6) is -4.04. The molecule has 29 heavy (non-hydrogen) atoms. The lowest BCUT2D eigenvalue weighted by Gasteiger charge is -2.08. The third-order valence-electron chi connectivity index (χ3n) is 3.64. The molecule has 0 saturated carbocycles. The van der Waals surface area contributed by atoms with Crippen molar-refractivity contribution in [2.75, 3.05) is 13.6 Å². The molecule has 0 aromatic carbocycles. The molecule has 0 aliphatic carbocycles. The van der Waals surface area contributed by atoms with Gasteiger partial charge in [-0.25, -0.2) is 4.79 Å². The lowest BCUT2D eigenvalue weighted by atomic mass is 10.1. The smallest absolute Gasteiger partial charge is 0.428 e. The molecule has 168 valence electrons. The average molecular weight is 428 g/mol. The molecule has 0 unspecified atom stereocenters. The first-order chi connectivity index (χ1) is 13.6. The highest BCUT2D eigenvalue weighted by molar-refractivity contribution is 5.75. The monoisotopic (exact) mass is 428 g/mol. The van der Waals surface area contributed by atoms with E-state index in [0.29, 0.717) is 12.8 Å². The highest BCUT2D eigenvalue weighted by Crippen LogP contribution is 2.16. The molecule has 8 nitrogen and oxygen atoms in total. The number of ether oxygens (including phenoxy) is 4. The Morgan fingerprint density at radius 1 is 0.621 bits per heavy atom. The summed E-state index contributed by atoms with van der Waals surface area (Å²) >= 11 is 0. The molecule has 0 N–H and O–H groups in total. The summed E-state index contributed by atoms with van der Waals surface area (Å²) in [7, 11) is 0. The number of alkyl halides is 3. The van der Waals surface area contributed by atoms with Crippen molar-refractivity contribution in [2.24, 2.45) is 0 Å². The Morgan fingerprint density at radius 3 is 1.38 bits per heavy atom. The van der Waals surface area contributed by atoms with Crippen molar-refractivity contribution in [3.63, 3.8) is 0 Å². The van der Waals surface area contributed by atoms with Gasteiger partial charge in [-0.1, -0.05) is 38.5 Å². The normalized spacial score (nSPS) is 10.9. The minimum Gasteiger partial charge on any atom is -0.428 e. The zero-order valence-corrected chi connectivity index (χ0v) is 16.4. The quantitative estimate of drug-likeness (QED) is 0.222. The number of hydrogen-bond acceptors (Lipinski definition) is 8. The van der Waals surface area contributed by atoms with Gasteiger partial charge in [0.2, 0.25) is 13.6 Å². The molecular weight excluding hydrogens is 401 g/mol. The van der Waals surface area contributed by atoms with Gasteiger partial charge in [0, 0.05) is 19.8 Å². The van der Waals surface area contributed by atoms with Crippen molar-refractivity contribution in [1.29, 1.82) is 0 Å². The van der Waals surface area contributed by atoms with Crippen LogP contribution in [0.2, 0.25) is 0 Å². The Bertz CT molecular complexity index is 520. The van der Waals surface area contributed by atoms with E-state index in [0.717, 1.165) is 38.5 Å². The van der Waals surface area contributed by atoms with E-state index in [2.05, 4.69) is 14.2 Å². The number of unbranched alkanes of at least 4 members (excludes halogenated alkanes) is 7. The zero-order chi connectivity index (χ0) is 22.1. The summed E-state index contributed by atoms with van der Waals surface area (Å²) in [5.41, 5.74) is 0. The highest BCUT2D eigenvalue weighted by atomic mass is 19.4. The summed E-state index contributed by atoms with van der Waals surface area (Å²) in [6.07, 6.45) is 1.80. The number of carbonyl (C=O) groups is 4. The van der Waals surface area contributed by atoms with Crippen LogP contribution in [-0.4, -0.2) is 43.6 Å². The summed E-state index contributed by atoms with van der Waals surface area (Å²) in [6, 6.07) is 0. The molecule has 0 amide bonds. The maximum atomic E-state index is 11.8. The molecule has 11 heteroatoms. The van der Waals surface area contributed by atoms with Crippen molar-refractivity contribution in [3.05, 3.63) is 0 Å². The minimum absolute atomic E-state index is 0.0407. The van der Waals surface area contributed by atoms with Crippen molar-refractivity contribution in [3.8, 4) is 0 Å². The second-order valence-corrected chi connectivity index (χ2v) is 6.16. The number of esters is 4. The van der Waals surface area contributed by atoms with Crippen LogP contribution >= 0.6 is 0 Å². The fraction of sp³-hybridized carbons (Fsp3) is 0.778. The number of carbonyl (C=O) groups excluding carboxylic acids is 4.